The van der Waals surface area contributed by atoms with Crippen LogP contribution in [-0.4, -0.2) is 38.3 Å². The van der Waals surface area contributed by atoms with E-state index in [0.29, 0.717) is 25.3 Å². The molecule has 2 rings (SSSR count). The quantitative estimate of drug-likeness (QED) is 0.891. The van der Waals surface area contributed by atoms with Crippen molar-refractivity contribution in [3.8, 4) is 0 Å². The van der Waals surface area contributed by atoms with Gasteiger partial charge in [-0.3, -0.25) is 0 Å². The highest BCUT2D eigenvalue weighted by Crippen LogP contribution is 2.36. The zero-order valence-electron chi connectivity index (χ0n) is 11.7. The largest absolute Gasteiger partial charge is 0.479 e. The lowest BCUT2D eigenvalue weighted by molar-refractivity contribution is -0.143. The van der Waals surface area contributed by atoms with Crippen LogP contribution in [0, 0.1) is 13.8 Å². The van der Waals surface area contributed by atoms with Gasteiger partial charge in [-0.25, -0.2) is 9.78 Å². The summed E-state index contributed by atoms with van der Waals surface area (Å²) in [6.45, 7) is 6.39. The Hall–Kier alpha value is -1.72. The molecular weight excluding hydrogens is 244 g/mol. The van der Waals surface area contributed by atoms with Crippen molar-refractivity contribution in [2.45, 2.75) is 52.0 Å². The van der Waals surface area contributed by atoms with E-state index >= 15 is 0 Å². The predicted octanol–water partition coefficient (Wildman–Crippen LogP) is 1.71. The fraction of sp³-hybridized carbons (Fsp3) is 0.692. The molecule has 19 heavy (non-hydrogen) atoms. The third kappa shape index (κ3) is 2.27. The molecule has 0 aliphatic carbocycles. The first-order valence-electron chi connectivity index (χ1n) is 6.70. The van der Waals surface area contributed by atoms with Gasteiger partial charge in [0.15, 0.2) is 0 Å². The van der Waals surface area contributed by atoms with Crippen molar-refractivity contribution < 1.29 is 9.90 Å². The van der Waals surface area contributed by atoms with Gasteiger partial charge in [0.1, 0.15) is 5.54 Å². The third-order valence-electron chi connectivity index (χ3n) is 3.87. The maximum absolute atomic E-state index is 11.7. The number of aryl methyl sites for hydroxylation is 2. The van der Waals surface area contributed by atoms with Gasteiger partial charge in [0.2, 0.25) is 5.95 Å². The highest BCUT2D eigenvalue weighted by Gasteiger charge is 2.48. The van der Waals surface area contributed by atoms with Crippen LogP contribution in [-0.2, 0) is 4.79 Å². The van der Waals surface area contributed by atoms with Gasteiger partial charge in [-0.05, 0) is 33.1 Å². The second kappa shape index (κ2) is 5.11. The summed E-state index contributed by atoms with van der Waals surface area (Å²) in [5.41, 5.74) is 0.713. The minimum atomic E-state index is -0.863. The van der Waals surface area contributed by atoms with Crippen LogP contribution in [0.15, 0.2) is 0 Å². The first-order valence-corrected chi connectivity index (χ1v) is 6.70. The van der Waals surface area contributed by atoms with E-state index in [9.17, 15) is 9.90 Å². The van der Waals surface area contributed by atoms with Gasteiger partial charge < -0.3 is 10.0 Å². The summed E-state index contributed by atoms with van der Waals surface area (Å²) in [6, 6.07) is 0. The Morgan fingerprint density at radius 2 is 2.11 bits per heavy atom. The molecule has 0 amide bonds. The third-order valence-corrected chi connectivity index (χ3v) is 3.87. The van der Waals surface area contributed by atoms with E-state index < -0.39 is 11.5 Å². The van der Waals surface area contributed by atoms with Gasteiger partial charge in [-0.2, -0.15) is 5.10 Å². The molecule has 104 valence electrons. The number of carbonyl (C=O) groups is 1. The fourth-order valence-corrected chi connectivity index (χ4v) is 2.73. The Morgan fingerprint density at radius 3 is 2.68 bits per heavy atom. The predicted molar refractivity (Wildman–Crippen MR) is 71.2 cm³/mol. The number of aliphatic carboxylic acids is 1. The smallest absolute Gasteiger partial charge is 0.329 e. The summed E-state index contributed by atoms with van der Waals surface area (Å²) in [6.07, 6.45) is 2.93. The molecule has 0 radical (unpaired) electrons. The van der Waals surface area contributed by atoms with E-state index in [4.69, 9.17) is 0 Å². The summed E-state index contributed by atoms with van der Waals surface area (Å²) in [7, 11) is 0. The second-order valence-electron chi connectivity index (χ2n) is 5.12. The maximum Gasteiger partial charge on any atom is 0.329 e. The molecule has 1 saturated heterocycles. The Morgan fingerprint density at radius 1 is 1.37 bits per heavy atom. The minimum Gasteiger partial charge on any atom is -0.479 e. The molecule has 0 aromatic carbocycles. The average Bonchev–Trinajstić information content (AvgIpc) is 2.78. The van der Waals surface area contributed by atoms with Crippen LogP contribution in [0.1, 0.15) is 44.0 Å². The number of rotatable bonds is 4. The number of nitrogens with zero attached hydrogens (tertiary/aromatic N) is 4. The van der Waals surface area contributed by atoms with Crippen LogP contribution >= 0.6 is 0 Å². The molecule has 1 unspecified atom stereocenters. The Bertz CT molecular complexity index is 492. The van der Waals surface area contributed by atoms with Crippen molar-refractivity contribution in [1.82, 2.24) is 15.2 Å². The maximum atomic E-state index is 11.7. The van der Waals surface area contributed by atoms with Gasteiger partial charge in [-0.1, -0.05) is 13.3 Å². The second-order valence-corrected chi connectivity index (χ2v) is 5.12. The van der Waals surface area contributed by atoms with E-state index in [1.54, 1.807) is 0 Å². The SMILES string of the molecule is CCCC1(C(=O)O)CCCN1c1nnc(C)c(C)n1. The molecule has 6 heteroatoms. The first-order chi connectivity index (χ1) is 9.01. The number of anilines is 1. The summed E-state index contributed by atoms with van der Waals surface area (Å²) >= 11 is 0. The number of hydrogen-bond donors (Lipinski definition) is 1. The Kier molecular flexibility index (Phi) is 3.68. The van der Waals surface area contributed by atoms with Crippen LogP contribution in [0.4, 0.5) is 5.95 Å². The molecule has 0 saturated carbocycles. The molecule has 1 fully saturated rings. The highest BCUT2D eigenvalue weighted by molar-refractivity contribution is 5.83. The monoisotopic (exact) mass is 264 g/mol. The molecule has 6 nitrogen and oxygen atoms in total. The summed E-state index contributed by atoms with van der Waals surface area (Å²) in [4.78, 5) is 18.0. The molecular formula is C13H20N4O2. The van der Waals surface area contributed by atoms with Crippen molar-refractivity contribution in [1.29, 1.82) is 0 Å². The van der Waals surface area contributed by atoms with Crippen molar-refractivity contribution in [3.05, 3.63) is 11.4 Å². The van der Waals surface area contributed by atoms with Crippen molar-refractivity contribution in [3.63, 3.8) is 0 Å². The molecule has 1 atom stereocenters. The Balaban J connectivity index is 2.41. The summed E-state index contributed by atoms with van der Waals surface area (Å²) in [5.74, 6) is -0.342. The molecule has 0 spiro atoms. The minimum absolute atomic E-state index is 0.441. The van der Waals surface area contributed by atoms with E-state index in [1.165, 1.54) is 0 Å². The van der Waals surface area contributed by atoms with Crippen molar-refractivity contribution in [2.24, 2.45) is 0 Å². The number of hydrogen-bond acceptors (Lipinski definition) is 5. The molecule has 1 N–H and O–H groups in total. The standard InChI is InChI=1S/C13H20N4O2/c1-4-6-13(11(18)19)7-5-8-17(13)12-14-9(2)10(3)15-16-12/h4-8H2,1-3H3,(H,18,19). The average molecular weight is 264 g/mol. The lowest BCUT2D eigenvalue weighted by Crippen LogP contribution is -2.51. The molecule has 2 heterocycles. The van der Waals surface area contributed by atoms with Crippen LogP contribution < -0.4 is 4.90 Å². The summed E-state index contributed by atoms with van der Waals surface area (Å²) < 4.78 is 0. The van der Waals surface area contributed by atoms with Crippen LogP contribution in [0.2, 0.25) is 0 Å². The van der Waals surface area contributed by atoms with Gasteiger partial charge in [0.05, 0.1) is 11.4 Å². The van der Waals surface area contributed by atoms with E-state index in [1.807, 2.05) is 25.7 Å². The van der Waals surface area contributed by atoms with Crippen LogP contribution in [0.3, 0.4) is 0 Å². The molecule has 1 aliphatic heterocycles. The summed E-state index contributed by atoms with van der Waals surface area (Å²) in [5, 5.41) is 17.8. The Labute approximate surface area is 112 Å². The van der Waals surface area contributed by atoms with Gasteiger partial charge in [0.25, 0.3) is 0 Å². The molecule has 1 aliphatic rings. The van der Waals surface area contributed by atoms with Gasteiger partial charge in [0, 0.05) is 6.54 Å². The van der Waals surface area contributed by atoms with Crippen molar-refractivity contribution in [2.75, 3.05) is 11.4 Å². The first kappa shape index (κ1) is 13.7. The highest BCUT2D eigenvalue weighted by atomic mass is 16.4. The van der Waals surface area contributed by atoms with E-state index in [0.717, 1.165) is 24.2 Å². The fourth-order valence-electron chi connectivity index (χ4n) is 2.73. The zero-order valence-corrected chi connectivity index (χ0v) is 11.7. The normalized spacial score (nSPS) is 22.8. The lowest BCUT2D eigenvalue weighted by atomic mass is 9.91. The zero-order chi connectivity index (χ0) is 14.0. The van der Waals surface area contributed by atoms with Crippen LogP contribution in [0.25, 0.3) is 0 Å². The molecule has 0 bridgehead atoms. The van der Waals surface area contributed by atoms with Crippen molar-refractivity contribution >= 4 is 11.9 Å². The van der Waals surface area contributed by atoms with Gasteiger partial charge in [-0.15, -0.1) is 5.10 Å². The molecule has 1 aromatic heterocycles. The number of aromatic nitrogens is 3. The van der Waals surface area contributed by atoms with Crippen LogP contribution in [0.5, 0.6) is 0 Å². The lowest BCUT2D eigenvalue weighted by Gasteiger charge is -2.34. The van der Waals surface area contributed by atoms with Gasteiger partial charge >= 0.3 is 5.97 Å². The van der Waals surface area contributed by atoms with E-state index in [-0.39, 0.29) is 0 Å². The molecule has 1 aromatic rings. The topological polar surface area (TPSA) is 79.2 Å². The number of carboxylic acids is 1. The van der Waals surface area contributed by atoms with E-state index in [2.05, 4.69) is 15.2 Å². The number of carboxylic acid groups (broad SMARTS) is 1.